The summed E-state index contributed by atoms with van der Waals surface area (Å²) in [4.78, 5) is 10.0. The van der Waals surface area contributed by atoms with E-state index >= 15 is 0 Å². The molecule has 1 N–H and O–H groups in total. The Morgan fingerprint density at radius 2 is 1.62 bits per heavy atom. The molecule has 4 aromatic carbocycles. The number of nitrogens with zero attached hydrogens (tertiary/aromatic N) is 1. The quantitative estimate of drug-likeness (QED) is 0.0661. The normalized spacial score (nSPS) is 11.4. The zero-order chi connectivity index (χ0) is 25.4. The van der Waals surface area contributed by atoms with Gasteiger partial charge in [0.05, 0.1) is 5.76 Å². The van der Waals surface area contributed by atoms with Crippen molar-refractivity contribution in [1.82, 2.24) is 0 Å². The van der Waals surface area contributed by atoms with Crippen LogP contribution in [0.1, 0.15) is 19.4 Å². The zero-order valence-corrected chi connectivity index (χ0v) is 24.0. The fourth-order valence-electron chi connectivity index (χ4n) is 4.67. The van der Waals surface area contributed by atoms with E-state index in [4.69, 9.17) is 5.11 Å². The van der Waals surface area contributed by atoms with Crippen LogP contribution in [0, 0.1) is 20.0 Å². The third kappa shape index (κ3) is 5.17. The average Bonchev–Trinajstić information content (AvgIpc) is 3.22. The molecule has 1 radical (unpaired) electrons. The van der Waals surface area contributed by atoms with Gasteiger partial charge >= 0.3 is 0 Å². The van der Waals surface area contributed by atoms with Crippen LogP contribution in [-0.2, 0) is 24.9 Å². The maximum absolute atomic E-state index is 10.0. The molecule has 0 spiro atoms. The number of aliphatic hydroxyl groups excluding tert-OH is 1. The molecule has 0 aliphatic carbocycles. The average molecular weight is 681 g/mol. The Labute approximate surface area is 234 Å². The standard InChI is InChI=1S/C27H18NS.C5H8O2.Ir/c1-17-15-22-21-9-5-6-10-26(21)29-27(22)23(16-17)25-14-12-20-19-8-4-3-7-18(19)11-13-24(20)28(25)2;1-4(6)3-5(2)7;/h3-15H,2H2,1H3;3,6H,1-2H3;/q-1;;/b;4-3-;. The smallest absolute Gasteiger partial charge is 0.155 e. The Bertz CT molecular complexity index is 1810. The van der Waals surface area contributed by atoms with E-state index in [1.807, 2.05) is 11.3 Å². The number of carbonyl (C=O) groups is 1. The summed E-state index contributed by atoms with van der Waals surface area (Å²) in [6, 6.07) is 31.8. The van der Waals surface area contributed by atoms with E-state index in [2.05, 4.69) is 103 Å². The molecule has 0 saturated heterocycles. The predicted octanol–water partition coefficient (Wildman–Crippen LogP) is 8.10. The van der Waals surface area contributed by atoms with Gasteiger partial charge in [-0.3, -0.25) is 4.79 Å². The van der Waals surface area contributed by atoms with E-state index in [1.54, 1.807) is 0 Å². The Balaban J connectivity index is 0.000000356. The number of fused-ring (bicyclic) bond motifs is 6. The van der Waals surface area contributed by atoms with Gasteiger partial charge in [-0.25, -0.2) is 0 Å². The molecule has 0 aliphatic rings. The first-order chi connectivity index (χ1) is 17.3. The zero-order valence-electron chi connectivity index (χ0n) is 20.8. The number of allylic oxidation sites excluding steroid dienone is 2. The fraction of sp³-hybridized carbons (Fsp3) is 0.0938. The van der Waals surface area contributed by atoms with Crippen LogP contribution in [-0.4, -0.2) is 10.9 Å². The van der Waals surface area contributed by atoms with Crippen LogP contribution in [0.25, 0.3) is 53.1 Å². The number of carbonyl (C=O) groups excluding carboxylic acids is 1. The number of aryl methyl sites for hydroxylation is 1. The van der Waals surface area contributed by atoms with Crippen molar-refractivity contribution in [2.45, 2.75) is 20.8 Å². The van der Waals surface area contributed by atoms with Gasteiger partial charge in [0.25, 0.3) is 0 Å². The Morgan fingerprint density at radius 1 is 0.919 bits per heavy atom. The van der Waals surface area contributed by atoms with Gasteiger partial charge in [0.15, 0.2) is 5.78 Å². The first-order valence-electron chi connectivity index (χ1n) is 11.7. The van der Waals surface area contributed by atoms with Crippen LogP contribution in [0.4, 0.5) is 0 Å². The van der Waals surface area contributed by atoms with E-state index in [0.29, 0.717) is 0 Å². The molecule has 2 heterocycles. The number of aromatic nitrogens is 1. The van der Waals surface area contributed by atoms with Crippen molar-refractivity contribution >= 4 is 59.0 Å². The number of pyridine rings is 1. The number of thiophene rings is 1. The topological polar surface area (TPSA) is 41.2 Å². The van der Waals surface area contributed by atoms with E-state index in [0.717, 1.165) is 22.3 Å². The minimum absolute atomic E-state index is 0. The van der Waals surface area contributed by atoms with Gasteiger partial charge in [-0.15, -0.1) is 17.7 Å². The summed E-state index contributed by atoms with van der Waals surface area (Å²) in [6.45, 7) is 4.97. The van der Waals surface area contributed by atoms with Crippen LogP contribution in [0.3, 0.4) is 0 Å². The van der Waals surface area contributed by atoms with Crippen LogP contribution in [0.15, 0.2) is 90.7 Å². The van der Waals surface area contributed by atoms with Gasteiger partial charge in [-0.05, 0) is 58.3 Å². The summed E-state index contributed by atoms with van der Waals surface area (Å²) in [7, 11) is 4.42. The number of rotatable bonds is 2. The maximum Gasteiger partial charge on any atom is 0.155 e. The summed E-state index contributed by atoms with van der Waals surface area (Å²) in [6.07, 6.45) is 1.17. The summed E-state index contributed by atoms with van der Waals surface area (Å²) in [5.74, 6) is -0.0625. The van der Waals surface area contributed by atoms with Crippen molar-refractivity contribution in [3.05, 3.63) is 109 Å². The molecule has 187 valence electrons. The van der Waals surface area contributed by atoms with E-state index in [9.17, 15) is 4.79 Å². The third-order valence-corrected chi connectivity index (χ3v) is 7.35. The minimum atomic E-state index is -0.125. The molecular formula is C32H26IrNO2S-. The van der Waals surface area contributed by atoms with Crippen LogP contribution < -0.4 is 4.57 Å². The number of ketones is 1. The second-order valence-corrected chi connectivity index (χ2v) is 9.98. The van der Waals surface area contributed by atoms with Gasteiger partial charge in [0.1, 0.15) is 11.2 Å². The number of benzene rings is 4. The molecule has 6 rings (SSSR count). The second-order valence-electron chi connectivity index (χ2n) is 8.93. The van der Waals surface area contributed by atoms with Crippen molar-refractivity contribution in [2.24, 2.45) is 0 Å². The molecular weight excluding hydrogens is 655 g/mol. The van der Waals surface area contributed by atoms with Crippen LogP contribution in [0.5, 0.6) is 0 Å². The molecule has 0 fully saturated rings. The summed E-state index contributed by atoms with van der Waals surface area (Å²) in [5.41, 5.74) is 4.50. The van der Waals surface area contributed by atoms with E-state index in [1.165, 1.54) is 56.3 Å². The monoisotopic (exact) mass is 681 g/mol. The maximum atomic E-state index is 10.0. The van der Waals surface area contributed by atoms with Crippen molar-refractivity contribution in [3.63, 3.8) is 0 Å². The number of hydrogen-bond donors (Lipinski definition) is 1. The van der Waals surface area contributed by atoms with Crippen molar-refractivity contribution in [2.75, 3.05) is 0 Å². The molecule has 0 unspecified atom stereocenters. The molecule has 0 bridgehead atoms. The third-order valence-electron chi connectivity index (χ3n) is 6.15. The summed E-state index contributed by atoms with van der Waals surface area (Å²) < 4.78 is 4.65. The molecule has 3 nitrogen and oxygen atoms in total. The minimum Gasteiger partial charge on any atom is -0.512 e. The van der Waals surface area contributed by atoms with Gasteiger partial charge in [-0.1, -0.05) is 72.5 Å². The first kappa shape index (κ1) is 26.6. The molecule has 0 amide bonds. The molecule has 6 aromatic rings. The van der Waals surface area contributed by atoms with Gasteiger partial charge in [0, 0.05) is 37.9 Å². The van der Waals surface area contributed by atoms with Gasteiger partial charge < -0.3 is 9.67 Å². The van der Waals surface area contributed by atoms with Gasteiger partial charge in [0.2, 0.25) is 0 Å². The largest absolute Gasteiger partial charge is 0.512 e. The van der Waals surface area contributed by atoms with E-state index in [-0.39, 0.29) is 31.6 Å². The fourth-order valence-corrected chi connectivity index (χ4v) is 5.86. The Kier molecular flexibility index (Phi) is 7.79. The molecule has 37 heavy (non-hydrogen) atoms. The van der Waals surface area contributed by atoms with Crippen molar-refractivity contribution in [1.29, 1.82) is 0 Å². The van der Waals surface area contributed by atoms with E-state index < -0.39 is 0 Å². The van der Waals surface area contributed by atoms with Crippen molar-refractivity contribution < 1.29 is 34.6 Å². The molecule has 0 atom stereocenters. The molecule has 5 heteroatoms. The second kappa shape index (κ2) is 10.9. The van der Waals surface area contributed by atoms with Crippen LogP contribution in [0.2, 0.25) is 0 Å². The number of hydrogen-bond acceptors (Lipinski definition) is 3. The molecule has 0 aliphatic heterocycles. The number of aliphatic hydroxyl groups is 1. The molecule has 2 aromatic heterocycles. The molecule has 0 saturated carbocycles. The Hall–Kier alpha value is -3.50. The van der Waals surface area contributed by atoms with Gasteiger partial charge in [-0.2, -0.15) is 11.3 Å². The first-order valence-corrected chi connectivity index (χ1v) is 12.5. The van der Waals surface area contributed by atoms with Crippen LogP contribution >= 0.6 is 11.3 Å². The summed E-state index contributed by atoms with van der Waals surface area (Å²) in [5, 5.41) is 14.7. The predicted molar refractivity (Wildman–Crippen MR) is 151 cm³/mol. The Morgan fingerprint density at radius 3 is 2.32 bits per heavy atom. The summed E-state index contributed by atoms with van der Waals surface area (Å²) >= 11 is 1.84. The SMILES string of the molecule is CC(=O)/C=C(/C)O.[CH2-][n+]1c(-c2[c-]c(C)cc3c2sc2ccccc23)ccc2c3ccccc3ccc21.[Ir]. The van der Waals surface area contributed by atoms with Crippen molar-refractivity contribution in [3.8, 4) is 11.3 Å².